The van der Waals surface area contributed by atoms with Crippen molar-refractivity contribution in [3.63, 3.8) is 0 Å². The van der Waals surface area contributed by atoms with E-state index in [-0.39, 0.29) is 0 Å². The first-order valence-electron chi connectivity index (χ1n) is 22.5. The zero-order valence-corrected chi connectivity index (χ0v) is 37.6. The van der Waals surface area contributed by atoms with Crippen molar-refractivity contribution in [3.8, 4) is 39.7 Å². The van der Waals surface area contributed by atoms with E-state index in [2.05, 4.69) is 166 Å². The van der Waals surface area contributed by atoms with Gasteiger partial charge in [-0.3, -0.25) is 0 Å². The van der Waals surface area contributed by atoms with E-state index in [9.17, 15) is 11.8 Å². The molecule has 0 saturated heterocycles. The van der Waals surface area contributed by atoms with Crippen molar-refractivity contribution in [2.24, 2.45) is 0 Å². The van der Waals surface area contributed by atoms with E-state index in [0.29, 0.717) is 22.5 Å². The van der Waals surface area contributed by atoms with Gasteiger partial charge in [0.15, 0.2) is 0 Å². The summed E-state index contributed by atoms with van der Waals surface area (Å²) in [6.07, 6.45) is 1.90. The fourth-order valence-corrected chi connectivity index (χ4v) is 13.8. The molecule has 15 rings (SSSR count). The number of nitriles is 1. The van der Waals surface area contributed by atoms with Gasteiger partial charge in [0.05, 0.1) is 44.8 Å². The lowest BCUT2D eigenvalue weighted by molar-refractivity contribution is 1.12. The topological polar surface area (TPSA) is 50.9 Å². The summed E-state index contributed by atoms with van der Waals surface area (Å²) in [6, 6.07) is 67.0. The molecule has 0 bridgehead atoms. The van der Waals surface area contributed by atoms with E-state index in [1.54, 1.807) is 11.3 Å². The summed E-state index contributed by atoms with van der Waals surface area (Å²) in [7, 11) is 0. The number of benzene rings is 10. The van der Waals surface area contributed by atoms with Crippen molar-refractivity contribution >= 4 is 134 Å². The molecule has 5 aromatic heterocycles. The van der Waals surface area contributed by atoms with Crippen LogP contribution in [0.25, 0.3) is 144 Å². The Morgan fingerprint density at radius 1 is 0.471 bits per heavy atom. The summed E-state index contributed by atoms with van der Waals surface area (Å²) < 4.78 is 9.42. The molecule has 0 atom stereocenters. The highest BCUT2D eigenvalue weighted by Gasteiger charge is 2.33. The van der Waals surface area contributed by atoms with Gasteiger partial charge in [-0.25, -0.2) is 9.83 Å². The van der Waals surface area contributed by atoms with Crippen LogP contribution in [0, 0.1) is 17.9 Å². The minimum Gasteiger partial charge on any atom is -0.306 e. The summed E-state index contributed by atoms with van der Waals surface area (Å²) >= 11 is 3.61. The average Bonchev–Trinajstić information content (AvgIpc) is 4.15. The van der Waals surface area contributed by atoms with E-state index in [4.69, 9.17) is 4.98 Å². The summed E-state index contributed by atoms with van der Waals surface area (Å²) in [4.78, 5) is 9.81. The fraction of sp³-hybridized carbons (Fsp3) is 0. The predicted molar refractivity (Wildman–Crippen MR) is 287 cm³/mol. The van der Waals surface area contributed by atoms with Gasteiger partial charge in [0.2, 0.25) is 5.69 Å². The first-order valence-corrected chi connectivity index (χ1v) is 24.2. The molecule has 0 N–H and O–H groups in total. The Morgan fingerprint density at radius 3 is 1.81 bits per heavy atom. The molecular weight excluding hydrogens is 867 g/mol. The highest BCUT2D eigenvalue weighted by atomic mass is 32.1. The van der Waals surface area contributed by atoms with Crippen molar-refractivity contribution in [1.29, 1.82) is 5.26 Å². The van der Waals surface area contributed by atoms with Crippen molar-refractivity contribution in [2.75, 3.05) is 0 Å². The highest BCUT2D eigenvalue weighted by Crippen LogP contribution is 2.55. The highest BCUT2D eigenvalue weighted by molar-refractivity contribution is 7.27. The van der Waals surface area contributed by atoms with Crippen molar-refractivity contribution in [2.45, 2.75) is 0 Å². The third kappa shape index (κ3) is 4.83. The molecule has 10 aromatic carbocycles. The van der Waals surface area contributed by atoms with Crippen LogP contribution in [-0.2, 0) is 0 Å². The predicted octanol–water partition coefficient (Wildman–Crippen LogP) is 17.5. The summed E-state index contributed by atoms with van der Waals surface area (Å²) in [5.41, 5.74) is 9.04. The lowest BCUT2D eigenvalue weighted by atomic mass is 9.88. The summed E-state index contributed by atoms with van der Waals surface area (Å²) in [6.45, 7) is 9.33. The molecule has 0 saturated carbocycles. The van der Waals surface area contributed by atoms with Crippen molar-refractivity contribution in [3.05, 3.63) is 205 Å². The number of thiophene rings is 2. The maximum Gasteiger partial charge on any atom is 0.220 e. The van der Waals surface area contributed by atoms with Gasteiger partial charge in [0, 0.05) is 74.5 Å². The molecule has 0 unspecified atom stereocenters. The SMILES string of the molecule is [C-]#[N+]c1c(-c2ccccc2)c(C#N)c(-n2c3cc4c(cc3c3ccc5c6ccccc6sc5c32)sc2ccccc24)c(-c2ccccc2)c1-n1c2cccc3c4ccccc4c4ccnc1c4c32. The number of aromatic nitrogens is 3. The monoisotopic (exact) mass is 897 g/mol. The van der Waals surface area contributed by atoms with Gasteiger partial charge >= 0.3 is 0 Å². The van der Waals surface area contributed by atoms with Gasteiger partial charge in [-0.15, -0.1) is 22.7 Å². The van der Waals surface area contributed by atoms with E-state index in [1.165, 1.54) is 41.0 Å². The molecule has 0 aliphatic carbocycles. The Bertz CT molecular complexity index is 4660. The smallest absolute Gasteiger partial charge is 0.220 e. The Kier molecular flexibility index (Phi) is 7.61. The number of fused-ring (bicyclic) bond motifs is 13. The second kappa shape index (κ2) is 13.8. The molecule has 0 aliphatic heterocycles. The van der Waals surface area contributed by atoms with E-state index in [1.807, 2.05) is 53.9 Å². The largest absolute Gasteiger partial charge is 0.306 e. The minimum atomic E-state index is 0.391. The van der Waals surface area contributed by atoms with Crippen molar-refractivity contribution < 1.29 is 0 Å². The molecule has 0 radical (unpaired) electrons. The minimum absolute atomic E-state index is 0.391. The summed E-state index contributed by atoms with van der Waals surface area (Å²) in [5.74, 6) is 0. The van der Waals surface area contributed by atoms with E-state index in [0.717, 1.165) is 87.0 Å². The molecule has 68 heavy (non-hydrogen) atoms. The fourth-order valence-electron chi connectivity index (χ4n) is 11.5. The van der Waals surface area contributed by atoms with Crippen LogP contribution in [0.1, 0.15) is 5.56 Å². The number of pyridine rings is 1. The van der Waals surface area contributed by atoms with Crippen LogP contribution in [-0.4, -0.2) is 14.1 Å². The normalized spacial score (nSPS) is 12.1. The first kappa shape index (κ1) is 37.4. The van der Waals surface area contributed by atoms with Crippen LogP contribution >= 0.6 is 22.7 Å². The number of nitrogens with zero attached hydrogens (tertiary/aromatic N) is 5. The van der Waals surface area contributed by atoms with Gasteiger partial charge in [-0.2, -0.15) is 5.26 Å². The molecule has 15 aromatic rings. The Morgan fingerprint density at radius 2 is 1.09 bits per heavy atom. The number of hydrogen-bond donors (Lipinski definition) is 0. The van der Waals surface area contributed by atoms with Crippen LogP contribution < -0.4 is 0 Å². The molecule has 0 fully saturated rings. The third-order valence-electron chi connectivity index (χ3n) is 14.2. The molecular formula is C61H31N5S2. The van der Waals surface area contributed by atoms with Crippen LogP contribution in [0.2, 0.25) is 0 Å². The molecule has 312 valence electrons. The Labute approximate surface area is 396 Å². The Balaban J connectivity index is 1.25. The van der Waals surface area contributed by atoms with Crippen LogP contribution in [0.5, 0.6) is 0 Å². The van der Waals surface area contributed by atoms with Gasteiger partial charge < -0.3 is 9.13 Å². The maximum atomic E-state index is 12.1. The van der Waals surface area contributed by atoms with Crippen LogP contribution in [0.3, 0.4) is 0 Å². The molecule has 0 aliphatic rings. The van der Waals surface area contributed by atoms with Crippen LogP contribution in [0.4, 0.5) is 5.69 Å². The second-order valence-electron chi connectivity index (χ2n) is 17.5. The molecule has 7 heteroatoms. The molecule has 5 heterocycles. The van der Waals surface area contributed by atoms with E-state index >= 15 is 0 Å². The zero-order valence-electron chi connectivity index (χ0n) is 36.0. The molecule has 0 spiro atoms. The quantitative estimate of drug-likeness (QED) is 0.131. The second-order valence-corrected chi connectivity index (χ2v) is 19.6. The summed E-state index contributed by atoms with van der Waals surface area (Å²) in [5, 5.41) is 25.7. The lowest BCUT2D eigenvalue weighted by Gasteiger charge is -2.25. The molecule has 5 nitrogen and oxygen atoms in total. The lowest BCUT2D eigenvalue weighted by Crippen LogP contribution is -2.09. The molecule has 0 amide bonds. The zero-order chi connectivity index (χ0) is 44.8. The first-order chi connectivity index (χ1) is 33.7. The van der Waals surface area contributed by atoms with Gasteiger partial charge in [-0.1, -0.05) is 146 Å². The number of rotatable bonds is 4. The van der Waals surface area contributed by atoms with E-state index < -0.39 is 0 Å². The standard InChI is InChI=1S/C61H31N5S2/c1-63-56-52(34-15-4-2-5-16-34)46(33-62)57(53(35-17-6-3-7-18-35)59(56)66-47-24-14-23-40-36-19-8-9-20-37(36)41-29-30-64-61(66)55(41)54(40)47)65-48-31-45-39-22-11-12-25-49(39)67-51(45)32-44(48)42-27-28-43-38-21-10-13-26-50(38)68-60(43)58(42)65/h2-32H. The van der Waals surface area contributed by atoms with Gasteiger partial charge in [-0.05, 0) is 69.1 Å². The third-order valence-corrected chi connectivity index (χ3v) is 16.5. The van der Waals surface area contributed by atoms with Gasteiger partial charge in [0.25, 0.3) is 0 Å². The maximum absolute atomic E-state index is 12.1. The average molecular weight is 898 g/mol. The van der Waals surface area contributed by atoms with Gasteiger partial charge in [0.1, 0.15) is 11.7 Å². The van der Waals surface area contributed by atoms with Crippen molar-refractivity contribution in [1.82, 2.24) is 14.1 Å². The number of hydrogen-bond acceptors (Lipinski definition) is 4. The van der Waals surface area contributed by atoms with Crippen LogP contribution in [0.15, 0.2) is 188 Å². The Hall–Kier alpha value is -8.85.